The van der Waals surface area contributed by atoms with Gasteiger partial charge in [0.15, 0.2) is 0 Å². The molecule has 0 aliphatic rings. The van der Waals surface area contributed by atoms with E-state index in [1.165, 1.54) is 18.2 Å². The number of aryl methyl sites for hydroxylation is 2. The van der Waals surface area contributed by atoms with Crippen LogP contribution in [0.15, 0.2) is 41.3 Å². The van der Waals surface area contributed by atoms with Gasteiger partial charge >= 0.3 is 0 Å². The highest BCUT2D eigenvalue weighted by Crippen LogP contribution is 2.27. The summed E-state index contributed by atoms with van der Waals surface area (Å²) < 4.78 is 26.5. The molecule has 8 heteroatoms. The highest BCUT2D eigenvalue weighted by atomic mass is 35.5. The van der Waals surface area contributed by atoms with Crippen LogP contribution >= 0.6 is 23.2 Å². The summed E-state index contributed by atoms with van der Waals surface area (Å²) in [4.78, 5) is 12.0. The lowest BCUT2D eigenvalue weighted by molar-refractivity contribution is -0.115. The second-order valence-electron chi connectivity index (χ2n) is 5.27. The van der Waals surface area contributed by atoms with Gasteiger partial charge in [0.2, 0.25) is 15.9 Å². The number of carbonyl (C=O) groups excluding carboxylic acids is 1. The highest BCUT2D eigenvalue weighted by molar-refractivity contribution is 7.89. The molecule has 2 rings (SSSR count). The van der Waals surface area contributed by atoms with Crippen LogP contribution in [0.5, 0.6) is 0 Å². The normalized spacial score (nSPS) is 11.3. The molecule has 0 aliphatic carbocycles. The van der Waals surface area contributed by atoms with Crippen LogP contribution in [-0.4, -0.2) is 20.9 Å². The van der Waals surface area contributed by atoms with Gasteiger partial charge in [0.1, 0.15) is 0 Å². The minimum atomic E-state index is -3.83. The Morgan fingerprint density at radius 1 is 1.12 bits per heavy atom. The van der Waals surface area contributed by atoms with E-state index < -0.39 is 22.5 Å². The van der Waals surface area contributed by atoms with Crippen molar-refractivity contribution in [2.75, 3.05) is 11.9 Å². The van der Waals surface area contributed by atoms with Crippen LogP contribution in [0.1, 0.15) is 11.1 Å². The first kappa shape index (κ1) is 18.7. The number of hydrogen-bond acceptors (Lipinski definition) is 3. The first-order chi connectivity index (χ1) is 11.2. The average Bonchev–Trinajstić information content (AvgIpc) is 2.49. The summed E-state index contributed by atoms with van der Waals surface area (Å²) in [6.45, 7) is 3.28. The van der Waals surface area contributed by atoms with Crippen molar-refractivity contribution in [3.05, 3.63) is 57.6 Å². The largest absolute Gasteiger partial charge is 0.323 e. The first-order valence-electron chi connectivity index (χ1n) is 7.01. The molecule has 0 aliphatic heterocycles. The Hall–Kier alpha value is -1.60. The lowest BCUT2D eigenvalue weighted by Crippen LogP contribution is -2.33. The van der Waals surface area contributed by atoms with E-state index in [1.807, 2.05) is 19.9 Å². The maximum Gasteiger partial charge on any atom is 0.241 e. The molecule has 2 aromatic rings. The lowest BCUT2D eigenvalue weighted by atomic mass is 10.1. The second kappa shape index (κ2) is 7.53. The van der Waals surface area contributed by atoms with Gasteiger partial charge in [-0.15, -0.1) is 0 Å². The van der Waals surface area contributed by atoms with Crippen LogP contribution in [0.25, 0.3) is 0 Å². The molecule has 0 bridgehead atoms. The fraction of sp³-hybridized carbons (Fsp3) is 0.188. The van der Waals surface area contributed by atoms with Gasteiger partial charge in [-0.3, -0.25) is 4.79 Å². The molecule has 2 aromatic carbocycles. The van der Waals surface area contributed by atoms with Gasteiger partial charge in [0.25, 0.3) is 0 Å². The van der Waals surface area contributed by atoms with Crippen molar-refractivity contribution < 1.29 is 13.2 Å². The minimum absolute atomic E-state index is 0.00708. The SMILES string of the molecule is Cc1cc(C)c(NC(=O)CNS(=O)(=O)c2cccc(Cl)c2)c(Cl)c1. The number of rotatable bonds is 5. The van der Waals surface area contributed by atoms with E-state index in [2.05, 4.69) is 10.0 Å². The second-order valence-corrected chi connectivity index (χ2v) is 7.88. The molecule has 0 aromatic heterocycles. The number of carbonyl (C=O) groups is 1. The fourth-order valence-electron chi connectivity index (χ4n) is 2.14. The predicted molar refractivity (Wildman–Crippen MR) is 96.2 cm³/mol. The van der Waals surface area contributed by atoms with Crippen LogP contribution in [0.4, 0.5) is 5.69 Å². The van der Waals surface area contributed by atoms with E-state index in [0.717, 1.165) is 11.1 Å². The van der Waals surface area contributed by atoms with Crippen molar-refractivity contribution in [3.63, 3.8) is 0 Å². The van der Waals surface area contributed by atoms with E-state index in [0.29, 0.717) is 15.7 Å². The smallest absolute Gasteiger partial charge is 0.241 e. The average molecular weight is 387 g/mol. The molecule has 0 atom stereocenters. The van der Waals surface area contributed by atoms with E-state index in [4.69, 9.17) is 23.2 Å². The Bertz CT molecular complexity index is 860. The third kappa shape index (κ3) is 4.70. The summed E-state index contributed by atoms with van der Waals surface area (Å²) in [5.74, 6) is -0.519. The van der Waals surface area contributed by atoms with Crippen molar-refractivity contribution in [3.8, 4) is 0 Å². The zero-order chi connectivity index (χ0) is 17.9. The zero-order valence-electron chi connectivity index (χ0n) is 13.1. The van der Waals surface area contributed by atoms with E-state index in [1.54, 1.807) is 12.1 Å². The Morgan fingerprint density at radius 2 is 1.83 bits per heavy atom. The first-order valence-corrected chi connectivity index (χ1v) is 9.25. The molecule has 2 N–H and O–H groups in total. The number of sulfonamides is 1. The van der Waals surface area contributed by atoms with Crippen molar-refractivity contribution >= 4 is 44.8 Å². The van der Waals surface area contributed by atoms with Gasteiger partial charge in [-0.1, -0.05) is 35.3 Å². The lowest BCUT2D eigenvalue weighted by Gasteiger charge is -2.12. The van der Waals surface area contributed by atoms with Gasteiger partial charge in [0, 0.05) is 5.02 Å². The Labute approximate surface area is 151 Å². The van der Waals surface area contributed by atoms with E-state index >= 15 is 0 Å². The molecule has 0 heterocycles. The van der Waals surface area contributed by atoms with Gasteiger partial charge in [-0.2, -0.15) is 0 Å². The molecule has 128 valence electrons. The van der Waals surface area contributed by atoms with Crippen molar-refractivity contribution in [2.24, 2.45) is 0 Å². The van der Waals surface area contributed by atoms with Gasteiger partial charge in [0.05, 0.1) is 22.2 Å². The summed E-state index contributed by atoms with van der Waals surface area (Å²) in [7, 11) is -3.83. The molecule has 0 spiro atoms. The number of hydrogen-bond donors (Lipinski definition) is 2. The summed E-state index contributed by atoms with van der Waals surface area (Å²) in [6, 6.07) is 9.38. The summed E-state index contributed by atoms with van der Waals surface area (Å²) in [6.07, 6.45) is 0. The molecule has 0 saturated heterocycles. The zero-order valence-corrected chi connectivity index (χ0v) is 15.4. The Balaban J connectivity index is 2.06. The summed E-state index contributed by atoms with van der Waals surface area (Å²) >= 11 is 11.9. The topological polar surface area (TPSA) is 75.3 Å². The highest BCUT2D eigenvalue weighted by Gasteiger charge is 2.17. The van der Waals surface area contributed by atoms with Gasteiger partial charge in [-0.05, 0) is 49.2 Å². The van der Waals surface area contributed by atoms with Crippen LogP contribution in [0.2, 0.25) is 10.0 Å². The van der Waals surface area contributed by atoms with Crippen molar-refractivity contribution in [1.29, 1.82) is 0 Å². The maximum absolute atomic E-state index is 12.1. The molecule has 0 saturated carbocycles. The molecular formula is C16H16Cl2N2O3S. The number of anilines is 1. The molecule has 0 fully saturated rings. The predicted octanol–water partition coefficient (Wildman–Crippen LogP) is 3.53. The third-order valence-corrected chi connectivity index (χ3v) is 5.16. The molecule has 24 heavy (non-hydrogen) atoms. The van der Waals surface area contributed by atoms with Crippen LogP contribution in [0.3, 0.4) is 0 Å². The monoisotopic (exact) mass is 386 g/mol. The minimum Gasteiger partial charge on any atom is -0.323 e. The van der Waals surface area contributed by atoms with Crippen LogP contribution in [-0.2, 0) is 14.8 Å². The number of amides is 1. The number of nitrogens with one attached hydrogen (secondary N) is 2. The molecular weight excluding hydrogens is 371 g/mol. The summed E-state index contributed by atoms with van der Waals surface area (Å²) in [5.41, 5.74) is 2.23. The van der Waals surface area contributed by atoms with Gasteiger partial charge < -0.3 is 5.32 Å². The van der Waals surface area contributed by atoms with Gasteiger partial charge in [-0.25, -0.2) is 13.1 Å². The molecule has 0 unspecified atom stereocenters. The van der Waals surface area contributed by atoms with Crippen molar-refractivity contribution in [1.82, 2.24) is 4.72 Å². The molecule has 0 radical (unpaired) electrons. The van der Waals surface area contributed by atoms with E-state index in [-0.39, 0.29) is 4.90 Å². The van der Waals surface area contributed by atoms with Crippen LogP contribution < -0.4 is 10.0 Å². The van der Waals surface area contributed by atoms with Crippen molar-refractivity contribution in [2.45, 2.75) is 18.7 Å². The van der Waals surface area contributed by atoms with Crippen LogP contribution in [0, 0.1) is 13.8 Å². The number of halogens is 2. The number of benzene rings is 2. The van der Waals surface area contributed by atoms with E-state index in [9.17, 15) is 13.2 Å². The standard InChI is InChI=1S/C16H16Cl2N2O3S/c1-10-6-11(2)16(14(18)7-10)20-15(21)9-19-24(22,23)13-5-3-4-12(17)8-13/h3-8,19H,9H2,1-2H3,(H,20,21). The Kier molecular flexibility index (Phi) is 5.87. The third-order valence-electron chi connectivity index (χ3n) is 3.23. The molecule has 5 nitrogen and oxygen atoms in total. The molecule has 1 amide bonds. The quantitative estimate of drug-likeness (QED) is 0.824. The summed E-state index contributed by atoms with van der Waals surface area (Å²) in [5, 5.41) is 3.31. The Morgan fingerprint density at radius 3 is 2.46 bits per heavy atom. The fourth-order valence-corrected chi connectivity index (χ4v) is 3.79. The maximum atomic E-state index is 12.1.